The Morgan fingerprint density at radius 3 is 2.67 bits per heavy atom. The molecule has 4 nitrogen and oxygen atoms in total. The average molecular weight is 301 g/mol. The summed E-state index contributed by atoms with van der Waals surface area (Å²) in [5.74, 6) is -0.735. The summed E-state index contributed by atoms with van der Waals surface area (Å²) in [7, 11) is 0. The summed E-state index contributed by atoms with van der Waals surface area (Å²) in [5.41, 5.74) is 0.810. The third-order valence-corrected chi connectivity index (χ3v) is 3.32. The lowest BCUT2D eigenvalue weighted by Crippen LogP contribution is -2.01. The molecule has 0 unspecified atom stereocenters. The topological polar surface area (TPSA) is 67.5 Å². The molecule has 0 aliphatic carbocycles. The molecule has 0 radical (unpaired) electrons. The van der Waals surface area contributed by atoms with Crippen LogP contribution in [0.1, 0.15) is 10.4 Å². The summed E-state index contributed by atoms with van der Waals surface area (Å²) in [6, 6.07) is 12.3. The average Bonchev–Trinajstić information content (AvgIpc) is 2.46. The van der Waals surface area contributed by atoms with Crippen molar-refractivity contribution < 1.29 is 14.3 Å². The van der Waals surface area contributed by atoms with Gasteiger partial charge in [0, 0.05) is 22.7 Å². The van der Waals surface area contributed by atoms with Gasteiger partial charge in [0.2, 0.25) is 0 Å². The van der Waals surface area contributed by atoms with Crippen molar-refractivity contribution in [2.45, 2.75) is 0 Å². The van der Waals surface area contributed by atoms with E-state index in [2.05, 4.69) is 0 Å². The van der Waals surface area contributed by atoms with E-state index in [4.69, 9.17) is 21.1 Å². The van der Waals surface area contributed by atoms with Crippen LogP contribution in [-0.2, 0) is 0 Å². The van der Waals surface area contributed by atoms with Crippen molar-refractivity contribution in [2.24, 2.45) is 0 Å². The number of hydrogen-bond acceptors (Lipinski definition) is 3. The van der Waals surface area contributed by atoms with Crippen LogP contribution in [-0.4, -0.2) is 11.1 Å². The fraction of sp³-hybridized carbons (Fsp3) is 0. The molecular weight excluding hydrogens is 292 g/mol. The second-order valence-corrected chi connectivity index (χ2v) is 4.94. The van der Waals surface area contributed by atoms with E-state index in [0.717, 1.165) is 0 Å². The van der Waals surface area contributed by atoms with E-state index in [1.54, 1.807) is 30.3 Å². The number of fused-ring (bicyclic) bond motifs is 1. The number of rotatable bonds is 2. The Labute approximate surface area is 124 Å². The number of carbonyl (C=O) groups is 1. The number of carboxylic acids is 1. The summed E-state index contributed by atoms with van der Waals surface area (Å²) in [6.45, 7) is 0. The van der Waals surface area contributed by atoms with Gasteiger partial charge in [-0.15, -0.1) is 0 Å². The maximum absolute atomic E-state index is 12.1. The first-order chi connectivity index (χ1) is 10.0. The van der Waals surface area contributed by atoms with Gasteiger partial charge in [-0.25, -0.2) is 4.79 Å². The van der Waals surface area contributed by atoms with E-state index >= 15 is 0 Å². The van der Waals surface area contributed by atoms with Gasteiger partial charge >= 0.3 is 5.97 Å². The molecule has 0 saturated heterocycles. The van der Waals surface area contributed by atoms with Crippen LogP contribution in [0.15, 0.2) is 57.7 Å². The Morgan fingerprint density at radius 2 is 1.90 bits per heavy atom. The summed E-state index contributed by atoms with van der Waals surface area (Å²) in [4.78, 5) is 23.1. The van der Waals surface area contributed by atoms with Gasteiger partial charge in [-0.1, -0.05) is 23.7 Å². The standard InChI is InChI=1S/C16H9ClO4/c17-11-4-5-12-13(18)8-14(21-15(12)7-11)9-2-1-3-10(6-9)16(19)20/h1-8H,(H,19,20). The Morgan fingerprint density at radius 1 is 1.10 bits per heavy atom. The molecule has 0 atom stereocenters. The van der Waals surface area contributed by atoms with Crippen LogP contribution in [0.25, 0.3) is 22.3 Å². The minimum atomic E-state index is -1.04. The maximum atomic E-state index is 12.1. The molecule has 0 aliphatic heterocycles. The van der Waals surface area contributed by atoms with Gasteiger partial charge in [0.25, 0.3) is 0 Å². The third kappa shape index (κ3) is 2.53. The molecule has 5 heteroatoms. The molecule has 2 aromatic carbocycles. The third-order valence-electron chi connectivity index (χ3n) is 3.09. The van der Waals surface area contributed by atoms with Gasteiger partial charge in [-0.05, 0) is 24.3 Å². The molecule has 104 valence electrons. The highest BCUT2D eigenvalue weighted by Crippen LogP contribution is 2.24. The molecule has 3 aromatic rings. The minimum absolute atomic E-state index is 0.126. The number of carboxylic acid groups (broad SMARTS) is 1. The van der Waals surface area contributed by atoms with Gasteiger partial charge in [0.15, 0.2) is 5.43 Å². The van der Waals surface area contributed by atoms with Crippen LogP contribution in [0.2, 0.25) is 5.02 Å². The molecule has 0 spiro atoms. The van der Waals surface area contributed by atoms with Gasteiger partial charge in [-0.2, -0.15) is 0 Å². The number of hydrogen-bond donors (Lipinski definition) is 1. The lowest BCUT2D eigenvalue weighted by Gasteiger charge is -2.04. The first-order valence-corrected chi connectivity index (χ1v) is 6.49. The monoisotopic (exact) mass is 300 g/mol. The number of halogens is 1. The van der Waals surface area contributed by atoms with Crippen LogP contribution in [0, 0.1) is 0 Å². The zero-order valence-corrected chi connectivity index (χ0v) is 11.4. The second-order valence-electron chi connectivity index (χ2n) is 4.50. The van der Waals surface area contributed by atoms with Crippen molar-refractivity contribution in [1.82, 2.24) is 0 Å². The van der Waals surface area contributed by atoms with E-state index in [9.17, 15) is 9.59 Å². The maximum Gasteiger partial charge on any atom is 0.335 e. The van der Waals surface area contributed by atoms with Crippen LogP contribution < -0.4 is 5.43 Å². The quantitative estimate of drug-likeness (QED) is 0.781. The van der Waals surface area contributed by atoms with Gasteiger partial charge in [0.05, 0.1) is 10.9 Å². The van der Waals surface area contributed by atoms with E-state index in [-0.39, 0.29) is 11.0 Å². The minimum Gasteiger partial charge on any atom is -0.478 e. The smallest absolute Gasteiger partial charge is 0.335 e. The molecule has 0 fully saturated rings. The van der Waals surface area contributed by atoms with Crippen molar-refractivity contribution in [1.29, 1.82) is 0 Å². The van der Waals surface area contributed by atoms with Gasteiger partial charge in [-0.3, -0.25) is 4.79 Å². The number of aromatic carboxylic acids is 1. The molecule has 21 heavy (non-hydrogen) atoms. The lowest BCUT2D eigenvalue weighted by molar-refractivity contribution is 0.0697. The normalized spacial score (nSPS) is 10.7. The Bertz CT molecular complexity index is 912. The van der Waals surface area contributed by atoms with E-state index in [1.165, 1.54) is 18.2 Å². The Balaban J connectivity index is 2.23. The summed E-state index contributed by atoms with van der Waals surface area (Å²) in [5, 5.41) is 9.90. The van der Waals surface area contributed by atoms with Gasteiger partial charge < -0.3 is 9.52 Å². The summed E-state index contributed by atoms with van der Waals surface area (Å²) >= 11 is 5.90. The largest absolute Gasteiger partial charge is 0.478 e. The van der Waals surface area contributed by atoms with Crippen LogP contribution in [0.4, 0.5) is 0 Å². The highest BCUT2D eigenvalue weighted by molar-refractivity contribution is 6.31. The van der Waals surface area contributed by atoms with Crippen molar-refractivity contribution in [3.8, 4) is 11.3 Å². The lowest BCUT2D eigenvalue weighted by atomic mass is 10.1. The molecule has 1 heterocycles. The van der Waals surface area contributed by atoms with E-state index in [0.29, 0.717) is 27.3 Å². The van der Waals surface area contributed by atoms with Crippen LogP contribution in [0.3, 0.4) is 0 Å². The van der Waals surface area contributed by atoms with E-state index in [1.807, 2.05) is 0 Å². The molecular formula is C16H9ClO4. The number of benzene rings is 2. The van der Waals surface area contributed by atoms with Crippen molar-refractivity contribution in [3.63, 3.8) is 0 Å². The highest BCUT2D eigenvalue weighted by atomic mass is 35.5. The summed E-state index contributed by atoms with van der Waals surface area (Å²) in [6.07, 6.45) is 0. The first kappa shape index (κ1) is 13.4. The van der Waals surface area contributed by atoms with E-state index < -0.39 is 5.97 Å². The molecule has 0 saturated carbocycles. The zero-order valence-electron chi connectivity index (χ0n) is 10.7. The predicted octanol–water partition coefficient (Wildman–Crippen LogP) is 3.81. The SMILES string of the molecule is O=C(O)c1cccc(-c2cc(=O)c3ccc(Cl)cc3o2)c1. The molecule has 0 amide bonds. The van der Waals surface area contributed by atoms with Crippen LogP contribution >= 0.6 is 11.6 Å². The second kappa shape index (κ2) is 5.07. The fourth-order valence-electron chi connectivity index (χ4n) is 2.08. The molecule has 1 aromatic heterocycles. The van der Waals surface area contributed by atoms with Crippen molar-refractivity contribution in [2.75, 3.05) is 0 Å². The molecule has 3 rings (SSSR count). The first-order valence-electron chi connectivity index (χ1n) is 6.12. The predicted molar refractivity (Wildman–Crippen MR) is 79.9 cm³/mol. The molecule has 0 aliphatic rings. The zero-order chi connectivity index (χ0) is 15.0. The van der Waals surface area contributed by atoms with Crippen molar-refractivity contribution >= 4 is 28.5 Å². The van der Waals surface area contributed by atoms with Crippen molar-refractivity contribution in [3.05, 3.63) is 69.3 Å². The van der Waals surface area contributed by atoms with Gasteiger partial charge in [0.1, 0.15) is 11.3 Å². The van der Waals surface area contributed by atoms with Crippen LogP contribution in [0.5, 0.6) is 0 Å². The Hall–Kier alpha value is -2.59. The summed E-state index contributed by atoms with van der Waals surface area (Å²) < 4.78 is 5.67. The Kier molecular flexibility index (Phi) is 3.23. The molecule has 1 N–H and O–H groups in total. The fourth-order valence-corrected chi connectivity index (χ4v) is 2.24. The highest BCUT2D eigenvalue weighted by Gasteiger charge is 2.10. The molecule has 0 bridgehead atoms.